The molecule has 4 heteroatoms. The van der Waals surface area contributed by atoms with E-state index in [1.807, 2.05) is 6.08 Å². The molecule has 0 aliphatic rings. The van der Waals surface area contributed by atoms with Gasteiger partial charge < -0.3 is 15.5 Å². The number of hydrogen-bond donors (Lipinski definition) is 3. The van der Waals surface area contributed by atoms with E-state index in [4.69, 9.17) is 0 Å². The molecule has 446 valence electrons. The van der Waals surface area contributed by atoms with E-state index in [1.54, 1.807) is 6.08 Å². The zero-order valence-corrected chi connectivity index (χ0v) is 51.5. The first-order valence-corrected chi connectivity index (χ1v) is 34.5. The third-order valence-corrected chi connectivity index (χ3v) is 16.0. The van der Waals surface area contributed by atoms with Gasteiger partial charge in [0.05, 0.1) is 18.8 Å². The average Bonchev–Trinajstić information content (AvgIpc) is 3.42. The molecule has 0 aliphatic heterocycles. The van der Waals surface area contributed by atoms with E-state index in [9.17, 15) is 15.0 Å². The highest BCUT2D eigenvalue weighted by atomic mass is 16.3. The first-order valence-electron chi connectivity index (χ1n) is 34.5. The predicted molar refractivity (Wildman–Crippen MR) is 341 cm³/mol. The summed E-state index contributed by atoms with van der Waals surface area (Å²) in [5, 5.41) is 23.2. The van der Waals surface area contributed by atoms with Crippen LogP contribution in [-0.2, 0) is 4.79 Å². The van der Waals surface area contributed by atoms with Crippen molar-refractivity contribution in [1.82, 2.24) is 5.32 Å². The summed E-state index contributed by atoms with van der Waals surface area (Å²) in [7, 11) is 0. The van der Waals surface area contributed by atoms with E-state index < -0.39 is 12.1 Å². The van der Waals surface area contributed by atoms with Crippen molar-refractivity contribution in [2.75, 3.05) is 6.61 Å². The lowest BCUT2D eigenvalue weighted by Gasteiger charge is -2.19. The summed E-state index contributed by atoms with van der Waals surface area (Å²) in [6, 6.07) is -0.648. The molecule has 0 aromatic rings. The summed E-state index contributed by atoms with van der Waals surface area (Å²) >= 11 is 0. The molecule has 76 heavy (non-hydrogen) atoms. The van der Waals surface area contributed by atoms with Crippen LogP contribution in [0.1, 0.15) is 373 Å². The van der Waals surface area contributed by atoms with Gasteiger partial charge in [0, 0.05) is 6.42 Å². The zero-order chi connectivity index (χ0) is 54.8. The molecule has 0 radical (unpaired) electrons. The number of unbranched alkanes of at least 4 members (excludes halogenated alkanes) is 49. The van der Waals surface area contributed by atoms with Crippen molar-refractivity contribution in [3.63, 3.8) is 0 Å². The summed E-state index contributed by atoms with van der Waals surface area (Å²) in [4.78, 5) is 12.5. The van der Waals surface area contributed by atoms with Crippen LogP contribution in [0.2, 0.25) is 0 Å². The van der Waals surface area contributed by atoms with E-state index in [0.717, 1.165) is 44.9 Å². The Hall–Kier alpha value is -1.91. The zero-order valence-electron chi connectivity index (χ0n) is 51.5. The number of rotatable bonds is 64. The number of nitrogens with one attached hydrogen (secondary N) is 1. The highest BCUT2D eigenvalue weighted by molar-refractivity contribution is 5.76. The minimum Gasteiger partial charge on any atom is -0.394 e. The van der Waals surface area contributed by atoms with Gasteiger partial charge in [0.2, 0.25) is 5.91 Å². The van der Waals surface area contributed by atoms with E-state index in [1.165, 1.54) is 308 Å². The van der Waals surface area contributed by atoms with Gasteiger partial charge in [0.25, 0.3) is 0 Å². The Labute approximate surface area is 477 Å². The third-order valence-electron chi connectivity index (χ3n) is 16.0. The highest BCUT2D eigenvalue weighted by Gasteiger charge is 2.18. The fraction of sp³-hybridized carbons (Fsp3) is 0.847. The average molecular weight is 1060 g/mol. The lowest BCUT2D eigenvalue weighted by Crippen LogP contribution is -2.45. The predicted octanol–water partition coefficient (Wildman–Crippen LogP) is 23.5. The van der Waals surface area contributed by atoms with Crippen molar-refractivity contribution >= 4 is 5.91 Å². The minimum absolute atomic E-state index is 0.0734. The Morgan fingerprint density at radius 2 is 0.553 bits per heavy atom. The molecule has 4 nitrogen and oxygen atoms in total. The van der Waals surface area contributed by atoms with Gasteiger partial charge in [0.15, 0.2) is 0 Å². The minimum atomic E-state index is -0.873. The van der Waals surface area contributed by atoms with Gasteiger partial charge in [-0.2, -0.15) is 0 Å². The van der Waals surface area contributed by atoms with Gasteiger partial charge in [-0.25, -0.2) is 0 Å². The van der Waals surface area contributed by atoms with E-state index >= 15 is 0 Å². The van der Waals surface area contributed by atoms with Crippen LogP contribution in [0.4, 0.5) is 0 Å². The van der Waals surface area contributed by atoms with Crippen molar-refractivity contribution < 1.29 is 15.0 Å². The van der Waals surface area contributed by atoms with E-state index in [0.29, 0.717) is 6.42 Å². The summed E-state index contributed by atoms with van der Waals surface area (Å²) in [6.45, 7) is 4.33. The van der Waals surface area contributed by atoms with Crippen LogP contribution in [0.3, 0.4) is 0 Å². The molecule has 2 unspecified atom stereocenters. The molecule has 0 rings (SSSR count). The number of allylic oxidation sites excluding steroid dienone is 9. The summed E-state index contributed by atoms with van der Waals surface area (Å²) in [5.74, 6) is -0.0734. The van der Waals surface area contributed by atoms with Crippen molar-refractivity contribution in [1.29, 1.82) is 0 Å². The Kier molecular flexibility index (Phi) is 65.7. The van der Waals surface area contributed by atoms with Gasteiger partial charge in [-0.15, -0.1) is 0 Å². The van der Waals surface area contributed by atoms with Crippen molar-refractivity contribution in [3.05, 3.63) is 60.8 Å². The molecule has 2 atom stereocenters. The van der Waals surface area contributed by atoms with E-state index in [-0.39, 0.29) is 12.5 Å². The number of hydrogen-bond acceptors (Lipinski definition) is 3. The Balaban J connectivity index is 3.48. The number of amides is 1. The van der Waals surface area contributed by atoms with Gasteiger partial charge in [-0.3, -0.25) is 4.79 Å². The molecule has 0 spiro atoms. The van der Waals surface area contributed by atoms with Gasteiger partial charge >= 0.3 is 0 Å². The van der Waals surface area contributed by atoms with Crippen LogP contribution >= 0.6 is 0 Å². The second-order valence-corrected chi connectivity index (χ2v) is 23.6. The van der Waals surface area contributed by atoms with Crippen LogP contribution < -0.4 is 5.32 Å². The molecule has 0 heterocycles. The van der Waals surface area contributed by atoms with Crippen LogP contribution in [0.15, 0.2) is 60.8 Å². The first-order chi connectivity index (χ1) is 37.7. The number of carbonyl (C=O) groups excluding carboxylic acids is 1. The molecule has 0 aromatic carbocycles. The Bertz CT molecular complexity index is 1250. The largest absolute Gasteiger partial charge is 0.394 e. The van der Waals surface area contributed by atoms with Crippen LogP contribution in [0.25, 0.3) is 0 Å². The first kappa shape index (κ1) is 74.1. The van der Waals surface area contributed by atoms with Gasteiger partial charge in [-0.05, 0) is 77.0 Å². The molecule has 0 fully saturated rings. The number of aliphatic hydroxyl groups is 2. The summed E-state index contributed by atoms with van der Waals surface area (Å²) in [5.41, 5.74) is 0. The molecule has 0 bridgehead atoms. The van der Waals surface area contributed by atoms with E-state index in [2.05, 4.69) is 67.8 Å². The van der Waals surface area contributed by atoms with Crippen molar-refractivity contribution in [2.45, 2.75) is 386 Å². The highest BCUT2D eigenvalue weighted by Crippen LogP contribution is 2.18. The monoisotopic (exact) mass is 1060 g/mol. The second-order valence-electron chi connectivity index (χ2n) is 23.6. The maximum absolute atomic E-state index is 12.5. The molecular formula is C72H135NO3. The lowest BCUT2D eigenvalue weighted by atomic mass is 10.0. The van der Waals surface area contributed by atoms with Crippen LogP contribution in [0, 0.1) is 0 Å². The summed E-state index contributed by atoms with van der Waals surface area (Å²) < 4.78 is 0. The fourth-order valence-electron chi connectivity index (χ4n) is 10.7. The Morgan fingerprint density at radius 1 is 0.316 bits per heavy atom. The topological polar surface area (TPSA) is 69.6 Å². The Morgan fingerprint density at radius 3 is 0.842 bits per heavy atom. The maximum atomic E-state index is 12.5. The standard InChI is InChI=1S/C72H135NO3/c1-3-5-7-9-11-13-15-17-19-21-23-25-27-29-30-31-32-33-34-35-36-37-38-39-40-41-42-44-46-48-50-52-54-56-58-60-62-64-66-68-72(76)73-70(69-74)71(75)67-65-63-61-59-57-55-53-51-49-47-45-43-28-26-24-22-20-18-16-14-12-10-8-6-4-2/h32-33,35-36,49,51,57,59,65,67,70-71,74-75H,3-31,34,37-48,50,52-56,58,60-64,66,68-69H2,1-2H3,(H,73,76)/b33-32-,36-35-,51-49+,59-57+,67-65+. The SMILES string of the molecule is CCCCCCCCCCCCCCCCC/C=C\C/C=C\CCCCCCCCCCCCCCCCCCCC(=O)NC(CO)C(O)/C=C/CC/C=C/CC/C=C/CCCCCCCCCCCCCCCCC. The summed E-state index contributed by atoms with van der Waals surface area (Å²) in [6.07, 6.45) is 96.0. The number of carbonyl (C=O) groups is 1. The second kappa shape index (κ2) is 67.4. The third kappa shape index (κ3) is 62.9. The van der Waals surface area contributed by atoms with Gasteiger partial charge in [0.1, 0.15) is 0 Å². The smallest absolute Gasteiger partial charge is 0.220 e. The van der Waals surface area contributed by atoms with Crippen LogP contribution in [-0.4, -0.2) is 34.9 Å². The number of aliphatic hydroxyl groups excluding tert-OH is 2. The maximum Gasteiger partial charge on any atom is 0.220 e. The molecule has 0 saturated carbocycles. The van der Waals surface area contributed by atoms with Crippen molar-refractivity contribution in [2.24, 2.45) is 0 Å². The molecule has 3 N–H and O–H groups in total. The fourth-order valence-corrected chi connectivity index (χ4v) is 10.7. The molecular weight excluding hydrogens is 927 g/mol. The lowest BCUT2D eigenvalue weighted by molar-refractivity contribution is -0.123. The van der Waals surface area contributed by atoms with Crippen LogP contribution in [0.5, 0.6) is 0 Å². The quantitative estimate of drug-likeness (QED) is 0.0420. The molecule has 1 amide bonds. The normalized spacial score (nSPS) is 13.1. The van der Waals surface area contributed by atoms with Gasteiger partial charge in [-0.1, -0.05) is 351 Å². The molecule has 0 aliphatic carbocycles. The molecule has 0 aromatic heterocycles. The van der Waals surface area contributed by atoms with Crippen molar-refractivity contribution in [3.8, 4) is 0 Å². The molecule has 0 saturated heterocycles.